The first-order valence-corrected chi connectivity index (χ1v) is 8.05. The molecule has 7 heteroatoms. The van der Waals surface area contributed by atoms with Crippen molar-refractivity contribution in [3.8, 4) is 0 Å². The molecule has 1 amide bonds. The van der Waals surface area contributed by atoms with Gasteiger partial charge in [0, 0.05) is 24.7 Å². The molecule has 0 aliphatic heterocycles. The van der Waals surface area contributed by atoms with Crippen LogP contribution in [0.1, 0.15) is 25.8 Å². The molecule has 112 valence electrons. The average molecular weight is 299 g/mol. The van der Waals surface area contributed by atoms with Gasteiger partial charge in [-0.25, -0.2) is 13.1 Å². The van der Waals surface area contributed by atoms with Gasteiger partial charge in [-0.15, -0.1) is 0 Å². The Balaban J connectivity index is 2.44. The van der Waals surface area contributed by atoms with Gasteiger partial charge in [0.2, 0.25) is 15.9 Å². The van der Waals surface area contributed by atoms with E-state index in [4.69, 9.17) is 5.73 Å². The summed E-state index contributed by atoms with van der Waals surface area (Å²) in [5.74, 6) is -0.323. The molecule has 1 rings (SSSR count). The molecule has 1 aromatic rings. The van der Waals surface area contributed by atoms with Crippen LogP contribution < -0.4 is 15.8 Å². The Morgan fingerprint density at radius 2 is 2.05 bits per heavy atom. The van der Waals surface area contributed by atoms with E-state index in [2.05, 4.69) is 10.0 Å². The maximum atomic E-state index is 11.8. The minimum atomic E-state index is -3.46. The van der Waals surface area contributed by atoms with Gasteiger partial charge >= 0.3 is 0 Å². The molecular weight excluding hydrogens is 278 g/mol. The van der Waals surface area contributed by atoms with E-state index in [1.165, 1.54) is 0 Å². The van der Waals surface area contributed by atoms with E-state index in [0.29, 0.717) is 11.3 Å². The minimum Gasteiger partial charge on any atom is -0.399 e. The number of nitrogens with two attached hydrogens (primary N) is 1. The van der Waals surface area contributed by atoms with Crippen LogP contribution in [0.15, 0.2) is 24.3 Å². The number of hydrogen-bond donors (Lipinski definition) is 3. The number of anilines is 1. The fourth-order valence-electron chi connectivity index (χ4n) is 1.67. The summed E-state index contributed by atoms with van der Waals surface area (Å²) < 4.78 is 26.1. The third kappa shape index (κ3) is 6.53. The first kappa shape index (κ1) is 16.5. The summed E-state index contributed by atoms with van der Waals surface area (Å²) in [4.78, 5) is 11.4. The highest BCUT2D eigenvalue weighted by Crippen LogP contribution is 2.09. The molecule has 0 saturated heterocycles. The third-order valence-corrected chi connectivity index (χ3v) is 3.79. The number of hydrogen-bond acceptors (Lipinski definition) is 4. The Kier molecular flexibility index (Phi) is 5.97. The zero-order valence-electron chi connectivity index (χ0n) is 11.7. The number of nitrogen functional groups attached to an aromatic ring is 1. The highest BCUT2D eigenvalue weighted by molar-refractivity contribution is 7.88. The van der Waals surface area contributed by atoms with Gasteiger partial charge in [0.25, 0.3) is 0 Å². The molecule has 4 N–H and O–H groups in total. The Morgan fingerprint density at radius 3 is 2.65 bits per heavy atom. The van der Waals surface area contributed by atoms with Crippen LogP contribution in [0.4, 0.5) is 5.69 Å². The van der Waals surface area contributed by atoms with Crippen LogP contribution in [-0.2, 0) is 20.6 Å². The normalized spacial score (nSPS) is 11.6. The standard InChI is InChI=1S/C13H21N3O3S/c1-10(2)16-13(17)6-7-15-20(18,19)9-11-4-3-5-12(14)8-11/h3-5,8,10,15H,6-7,9,14H2,1-2H3,(H,16,17). The molecule has 0 aliphatic rings. The van der Waals surface area contributed by atoms with Gasteiger partial charge in [0.1, 0.15) is 0 Å². The predicted molar refractivity (Wildman–Crippen MR) is 79.4 cm³/mol. The second kappa shape index (κ2) is 7.25. The molecular formula is C13H21N3O3S. The van der Waals surface area contributed by atoms with Crippen molar-refractivity contribution in [2.24, 2.45) is 0 Å². The van der Waals surface area contributed by atoms with Gasteiger partial charge in [-0.1, -0.05) is 12.1 Å². The van der Waals surface area contributed by atoms with Gasteiger partial charge in [-0.3, -0.25) is 4.79 Å². The molecule has 0 heterocycles. The predicted octanol–water partition coefficient (Wildman–Crippen LogP) is 0.603. The van der Waals surface area contributed by atoms with E-state index in [9.17, 15) is 13.2 Å². The van der Waals surface area contributed by atoms with Crippen LogP contribution in [0.5, 0.6) is 0 Å². The van der Waals surface area contributed by atoms with Crippen molar-refractivity contribution < 1.29 is 13.2 Å². The summed E-state index contributed by atoms with van der Waals surface area (Å²) in [7, 11) is -3.46. The molecule has 0 aromatic heterocycles. The van der Waals surface area contributed by atoms with Crippen LogP contribution in [0, 0.1) is 0 Å². The van der Waals surface area contributed by atoms with Gasteiger partial charge in [-0.05, 0) is 31.5 Å². The van der Waals surface area contributed by atoms with E-state index < -0.39 is 10.0 Å². The summed E-state index contributed by atoms with van der Waals surface area (Å²) in [5, 5.41) is 2.70. The first-order chi connectivity index (χ1) is 9.28. The van der Waals surface area contributed by atoms with Gasteiger partial charge in [0.15, 0.2) is 0 Å². The fraction of sp³-hybridized carbons (Fsp3) is 0.462. The van der Waals surface area contributed by atoms with Crippen molar-refractivity contribution in [2.45, 2.75) is 32.1 Å². The van der Waals surface area contributed by atoms with E-state index in [1.54, 1.807) is 24.3 Å². The Labute approximate surface area is 119 Å². The van der Waals surface area contributed by atoms with Crippen molar-refractivity contribution in [3.63, 3.8) is 0 Å². The summed E-state index contributed by atoms with van der Waals surface area (Å²) >= 11 is 0. The Hall–Kier alpha value is -1.60. The van der Waals surface area contributed by atoms with E-state index >= 15 is 0 Å². The molecule has 1 aromatic carbocycles. The topological polar surface area (TPSA) is 101 Å². The van der Waals surface area contributed by atoms with E-state index in [0.717, 1.165) is 0 Å². The molecule has 0 aliphatic carbocycles. The summed E-state index contributed by atoms with van der Waals surface area (Å²) in [6.07, 6.45) is 0.119. The SMILES string of the molecule is CC(C)NC(=O)CCNS(=O)(=O)Cc1cccc(N)c1. The second-order valence-electron chi connectivity index (χ2n) is 4.87. The van der Waals surface area contributed by atoms with Gasteiger partial charge in [0.05, 0.1) is 5.75 Å². The molecule has 0 bridgehead atoms. The molecule has 0 atom stereocenters. The van der Waals surface area contributed by atoms with Crippen LogP contribution in [0.25, 0.3) is 0 Å². The van der Waals surface area contributed by atoms with Crippen molar-refractivity contribution in [1.29, 1.82) is 0 Å². The van der Waals surface area contributed by atoms with Crippen LogP contribution in [0.2, 0.25) is 0 Å². The lowest BCUT2D eigenvalue weighted by Gasteiger charge is -2.09. The smallest absolute Gasteiger partial charge is 0.221 e. The molecule has 0 unspecified atom stereocenters. The van der Waals surface area contributed by atoms with Gasteiger partial charge < -0.3 is 11.1 Å². The average Bonchev–Trinajstić information content (AvgIpc) is 2.26. The number of nitrogens with one attached hydrogen (secondary N) is 2. The van der Waals surface area contributed by atoms with Crippen molar-refractivity contribution in [3.05, 3.63) is 29.8 Å². The van der Waals surface area contributed by atoms with Crippen LogP contribution in [-0.4, -0.2) is 26.9 Å². The molecule has 0 radical (unpaired) electrons. The van der Waals surface area contributed by atoms with Crippen molar-refractivity contribution in [1.82, 2.24) is 10.0 Å². The van der Waals surface area contributed by atoms with Gasteiger partial charge in [-0.2, -0.15) is 0 Å². The zero-order chi connectivity index (χ0) is 15.2. The lowest BCUT2D eigenvalue weighted by Crippen LogP contribution is -2.34. The zero-order valence-corrected chi connectivity index (χ0v) is 12.5. The monoisotopic (exact) mass is 299 g/mol. The summed E-state index contributed by atoms with van der Waals surface area (Å²) in [6.45, 7) is 3.78. The number of amides is 1. The minimum absolute atomic E-state index is 0.0476. The van der Waals surface area contributed by atoms with Crippen LogP contribution >= 0.6 is 0 Å². The lowest BCUT2D eigenvalue weighted by atomic mass is 10.2. The van der Waals surface area contributed by atoms with E-state index in [1.807, 2.05) is 13.8 Å². The third-order valence-electron chi connectivity index (χ3n) is 2.43. The summed E-state index contributed by atoms with van der Waals surface area (Å²) in [6, 6.07) is 6.76. The number of benzene rings is 1. The molecule has 0 spiro atoms. The Morgan fingerprint density at radius 1 is 1.35 bits per heavy atom. The number of carbonyl (C=O) groups excluding carboxylic acids is 1. The number of sulfonamides is 1. The lowest BCUT2D eigenvalue weighted by molar-refractivity contribution is -0.121. The molecule has 0 saturated carbocycles. The largest absolute Gasteiger partial charge is 0.399 e. The maximum absolute atomic E-state index is 11.8. The summed E-state index contributed by atoms with van der Waals surface area (Å²) in [5.41, 5.74) is 6.73. The quantitative estimate of drug-likeness (QED) is 0.642. The molecule has 20 heavy (non-hydrogen) atoms. The molecule has 0 fully saturated rings. The van der Waals surface area contributed by atoms with E-state index in [-0.39, 0.29) is 30.7 Å². The Bertz CT molecular complexity index is 556. The van der Waals surface area contributed by atoms with Crippen LogP contribution in [0.3, 0.4) is 0 Å². The van der Waals surface area contributed by atoms with Crippen molar-refractivity contribution >= 4 is 21.6 Å². The second-order valence-corrected chi connectivity index (χ2v) is 6.68. The number of rotatable bonds is 7. The highest BCUT2D eigenvalue weighted by Gasteiger charge is 2.12. The number of carbonyl (C=O) groups is 1. The van der Waals surface area contributed by atoms with Crippen molar-refractivity contribution in [2.75, 3.05) is 12.3 Å². The fourth-order valence-corrected chi connectivity index (χ4v) is 2.80. The highest BCUT2D eigenvalue weighted by atomic mass is 32.2. The maximum Gasteiger partial charge on any atom is 0.221 e. The molecule has 6 nitrogen and oxygen atoms in total. The first-order valence-electron chi connectivity index (χ1n) is 6.39.